The zero-order chi connectivity index (χ0) is 14.7. The van der Waals surface area contributed by atoms with Gasteiger partial charge in [-0.2, -0.15) is 5.10 Å². The van der Waals surface area contributed by atoms with Crippen molar-refractivity contribution in [1.82, 2.24) is 9.78 Å². The molecule has 0 bridgehead atoms. The molecule has 114 valence electrons. The van der Waals surface area contributed by atoms with Crippen molar-refractivity contribution < 1.29 is 0 Å². The van der Waals surface area contributed by atoms with Gasteiger partial charge in [0.1, 0.15) is 0 Å². The molecule has 0 amide bonds. The van der Waals surface area contributed by atoms with E-state index in [4.69, 9.17) is 5.73 Å². The molecule has 4 nitrogen and oxygen atoms in total. The van der Waals surface area contributed by atoms with Gasteiger partial charge in [-0.3, -0.25) is 4.79 Å². The molecular formula is C16H22ClN3O. The summed E-state index contributed by atoms with van der Waals surface area (Å²) < 4.78 is 1.56. The lowest BCUT2D eigenvalue weighted by atomic mass is 10.1. The third-order valence-electron chi connectivity index (χ3n) is 3.18. The number of nitrogens with zero attached hydrogens (tertiary/aromatic N) is 2. The summed E-state index contributed by atoms with van der Waals surface area (Å²) in [6, 6.07) is 9.81. The highest BCUT2D eigenvalue weighted by atomic mass is 35.5. The first-order valence-corrected chi connectivity index (χ1v) is 6.89. The maximum Gasteiger partial charge on any atom is 0.269 e. The minimum atomic E-state index is -0.0129. The molecule has 0 saturated carbocycles. The second kappa shape index (κ2) is 7.38. The molecule has 5 heteroatoms. The van der Waals surface area contributed by atoms with Gasteiger partial charge in [-0.15, -0.1) is 12.4 Å². The number of nitrogens with two attached hydrogens (primary N) is 1. The van der Waals surface area contributed by atoms with E-state index in [0.717, 1.165) is 22.4 Å². The van der Waals surface area contributed by atoms with Crippen molar-refractivity contribution in [3.05, 3.63) is 51.8 Å². The van der Waals surface area contributed by atoms with Crippen molar-refractivity contribution in [1.29, 1.82) is 0 Å². The highest BCUT2D eigenvalue weighted by Crippen LogP contribution is 2.17. The molecule has 1 aromatic heterocycles. The number of aryl methyl sites for hydroxylation is 1. The Balaban J connectivity index is 0.00000220. The van der Waals surface area contributed by atoms with E-state index < -0.39 is 0 Å². The largest absolute Gasteiger partial charge is 0.326 e. The maximum absolute atomic E-state index is 12.1. The molecule has 0 aliphatic heterocycles. The van der Waals surface area contributed by atoms with Crippen molar-refractivity contribution in [2.45, 2.75) is 33.9 Å². The molecule has 2 aromatic rings. The molecule has 1 heterocycles. The average Bonchev–Trinajstić information content (AvgIpc) is 2.43. The Morgan fingerprint density at radius 3 is 2.38 bits per heavy atom. The molecule has 0 unspecified atom stereocenters. The van der Waals surface area contributed by atoms with Gasteiger partial charge >= 0.3 is 0 Å². The Hall–Kier alpha value is -1.65. The lowest BCUT2D eigenvalue weighted by molar-refractivity contribution is 0.463. The lowest BCUT2D eigenvalue weighted by Gasteiger charge is -2.11. The van der Waals surface area contributed by atoms with Gasteiger partial charge in [-0.05, 0) is 24.5 Å². The van der Waals surface area contributed by atoms with E-state index in [1.54, 1.807) is 4.68 Å². The summed E-state index contributed by atoms with van der Waals surface area (Å²) in [5.41, 5.74) is 9.22. The second-order valence-corrected chi connectivity index (χ2v) is 5.49. The first kappa shape index (κ1) is 17.4. The van der Waals surface area contributed by atoms with E-state index in [0.29, 0.717) is 19.0 Å². The lowest BCUT2D eigenvalue weighted by Crippen LogP contribution is -2.27. The Bertz CT molecular complexity index is 648. The molecule has 0 radical (unpaired) electrons. The van der Waals surface area contributed by atoms with Crippen LogP contribution in [0.1, 0.15) is 25.0 Å². The second-order valence-electron chi connectivity index (χ2n) is 5.49. The first-order chi connectivity index (χ1) is 9.51. The van der Waals surface area contributed by atoms with Gasteiger partial charge in [-0.1, -0.05) is 38.1 Å². The summed E-state index contributed by atoms with van der Waals surface area (Å²) in [6.45, 7) is 7.14. The van der Waals surface area contributed by atoms with Crippen LogP contribution in [0.2, 0.25) is 0 Å². The summed E-state index contributed by atoms with van der Waals surface area (Å²) in [4.78, 5) is 12.1. The van der Waals surface area contributed by atoms with Crippen LogP contribution < -0.4 is 11.3 Å². The molecule has 0 saturated heterocycles. The maximum atomic E-state index is 12.1. The van der Waals surface area contributed by atoms with E-state index in [1.807, 2.05) is 37.3 Å². The van der Waals surface area contributed by atoms with Gasteiger partial charge in [-0.25, -0.2) is 4.68 Å². The summed E-state index contributed by atoms with van der Waals surface area (Å²) >= 11 is 0. The Morgan fingerprint density at radius 2 is 1.86 bits per heavy atom. The number of hydrogen-bond donors (Lipinski definition) is 1. The summed E-state index contributed by atoms with van der Waals surface area (Å²) in [5.74, 6) is 0.384. The molecule has 1 aromatic carbocycles. The van der Waals surface area contributed by atoms with Crippen LogP contribution in [0.15, 0.2) is 35.1 Å². The van der Waals surface area contributed by atoms with Crippen LogP contribution in [0.4, 0.5) is 0 Å². The zero-order valence-corrected chi connectivity index (χ0v) is 13.5. The molecular weight excluding hydrogens is 286 g/mol. The van der Waals surface area contributed by atoms with Crippen LogP contribution >= 0.6 is 12.4 Å². The molecule has 2 rings (SSSR count). The van der Waals surface area contributed by atoms with Gasteiger partial charge < -0.3 is 5.73 Å². The van der Waals surface area contributed by atoms with Crippen LogP contribution in [0.5, 0.6) is 0 Å². The predicted molar refractivity (Wildman–Crippen MR) is 88.6 cm³/mol. The number of hydrogen-bond acceptors (Lipinski definition) is 3. The smallest absolute Gasteiger partial charge is 0.269 e. The summed E-state index contributed by atoms with van der Waals surface area (Å²) in [6.07, 6.45) is 0. The topological polar surface area (TPSA) is 60.9 Å². The minimum absolute atomic E-state index is 0. The monoisotopic (exact) mass is 307 g/mol. The molecule has 0 aliphatic rings. The van der Waals surface area contributed by atoms with Gasteiger partial charge in [0.15, 0.2) is 0 Å². The van der Waals surface area contributed by atoms with Crippen molar-refractivity contribution in [2.75, 3.05) is 0 Å². The van der Waals surface area contributed by atoms with Crippen LogP contribution in [-0.2, 0) is 13.1 Å². The average molecular weight is 308 g/mol. The van der Waals surface area contributed by atoms with E-state index in [2.05, 4.69) is 18.9 Å². The third-order valence-corrected chi connectivity index (χ3v) is 3.18. The minimum Gasteiger partial charge on any atom is -0.326 e. The Labute approximate surface area is 131 Å². The highest BCUT2D eigenvalue weighted by Gasteiger charge is 2.08. The van der Waals surface area contributed by atoms with Crippen LogP contribution in [-0.4, -0.2) is 9.78 Å². The van der Waals surface area contributed by atoms with Crippen molar-refractivity contribution >= 4 is 12.4 Å². The number of aromatic nitrogens is 2. The standard InChI is InChI=1S/C16H21N3O.ClH/c1-11(2)10-19-16(20)12(3)8-15(18-19)14-6-4-13(9-17)5-7-14;/h4-8,11H,9-10,17H2,1-3H3;1H. The predicted octanol–water partition coefficient (Wildman–Crippen LogP) is 2.76. The quantitative estimate of drug-likeness (QED) is 0.945. The molecule has 21 heavy (non-hydrogen) atoms. The van der Waals surface area contributed by atoms with Crippen molar-refractivity contribution in [2.24, 2.45) is 11.7 Å². The third kappa shape index (κ3) is 4.16. The fraction of sp³-hybridized carbons (Fsp3) is 0.375. The van der Waals surface area contributed by atoms with E-state index in [-0.39, 0.29) is 18.0 Å². The van der Waals surface area contributed by atoms with Crippen LogP contribution in [0.3, 0.4) is 0 Å². The molecule has 0 aliphatic carbocycles. The SMILES string of the molecule is Cc1cc(-c2ccc(CN)cc2)nn(CC(C)C)c1=O.Cl. The van der Waals surface area contributed by atoms with E-state index in [1.165, 1.54) is 0 Å². The number of benzene rings is 1. The van der Waals surface area contributed by atoms with Crippen LogP contribution in [0, 0.1) is 12.8 Å². The van der Waals surface area contributed by atoms with Crippen LogP contribution in [0.25, 0.3) is 11.3 Å². The highest BCUT2D eigenvalue weighted by molar-refractivity contribution is 5.85. The van der Waals surface area contributed by atoms with Gasteiger partial charge in [0.05, 0.1) is 5.69 Å². The van der Waals surface area contributed by atoms with Gasteiger partial charge in [0.2, 0.25) is 0 Å². The molecule has 0 atom stereocenters. The number of rotatable bonds is 4. The fourth-order valence-electron chi connectivity index (χ4n) is 2.10. The number of halogens is 1. The van der Waals surface area contributed by atoms with E-state index >= 15 is 0 Å². The van der Waals surface area contributed by atoms with Gasteiger partial charge in [0.25, 0.3) is 5.56 Å². The summed E-state index contributed by atoms with van der Waals surface area (Å²) in [7, 11) is 0. The summed E-state index contributed by atoms with van der Waals surface area (Å²) in [5, 5.41) is 4.47. The molecule has 0 spiro atoms. The van der Waals surface area contributed by atoms with E-state index in [9.17, 15) is 4.79 Å². The van der Waals surface area contributed by atoms with Crippen molar-refractivity contribution in [3.8, 4) is 11.3 Å². The fourth-order valence-corrected chi connectivity index (χ4v) is 2.10. The Morgan fingerprint density at radius 1 is 1.24 bits per heavy atom. The molecule has 2 N–H and O–H groups in total. The Kier molecular flexibility index (Phi) is 6.12. The molecule has 0 fully saturated rings. The van der Waals surface area contributed by atoms with Gasteiger partial charge in [0, 0.05) is 24.2 Å². The normalized spacial score (nSPS) is 10.5. The first-order valence-electron chi connectivity index (χ1n) is 6.89. The van der Waals surface area contributed by atoms with Crippen molar-refractivity contribution in [3.63, 3.8) is 0 Å². The zero-order valence-electron chi connectivity index (χ0n) is 12.7.